The average Bonchev–Trinajstić information content (AvgIpc) is 2.91. The average molecular weight is 558 g/mol. The first-order chi connectivity index (χ1) is 18.5. The summed E-state index contributed by atoms with van der Waals surface area (Å²) in [6, 6.07) is 15.7. The predicted molar refractivity (Wildman–Crippen MR) is 146 cm³/mol. The Morgan fingerprint density at radius 3 is 2.21 bits per heavy atom. The normalized spacial score (nSPS) is 12.0. The van der Waals surface area contributed by atoms with Crippen molar-refractivity contribution < 1.29 is 26.8 Å². The molecule has 0 bridgehead atoms. The van der Waals surface area contributed by atoms with Gasteiger partial charge in [0.2, 0.25) is 11.8 Å². The highest BCUT2D eigenvalue weighted by Crippen LogP contribution is 2.27. The van der Waals surface area contributed by atoms with E-state index in [-0.39, 0.29) is 17.1 Å². The van der Waals surface area contributed by atoms with Gasteiger partial charge in [-0.3, -0.25) is 13.9 Å². The summed E-state index contributed by atoms with van der Waals surface area (Å²) < 4.78 is 56.5. The van der Waals surface area contributed by atoms with Crippen molar-refractivity contribution in [2.75, 3.05) is 17.4 Å². The SMILES string of the molecule is CCCCNC(=O)[C@@H](C)N(Cc1ccc(F)cc1)C(=O)CN(c1ccccc1F)S(=O)(=O)c1ccc(C)cc1. The minimum absolute atomic E-state index is 0.0861. The van der Waals surface area contributed by atoms with Crippen molar-refractivity contribution in [3.8, 4) is 0 Å². The van der Waals surface area contributed by atoms with E-state index in [0.717, 1.165) is 24.5 Å². The van der Waals surface area contributed by atoms with E-state index < -0.39 is 46.1 Å². The van der Waals surface area contributed by atoms with Crippen molar-refractivity contribution in [2.24, 2.45) is 0 Å². The lowest BCUT2D eigenvalue weighted by atomic mass is 10.1. The number of nitrogens with zero attached hydrogens (tertiary/aromatic N) is 2. The summed E-state index contributed by atoms with van der Waals surface area (Å²) in [6.07, 6.45) is 1.61. The Hall–Kier alpha value is -3.79. The predicted octanol–water partition coefficient (Wildman–Crippen LogP) is 4.80. The first kappa shape index (κ1) is 29.8. The number of rotatable bonds is 12. The van der Waals surface area contributed by atoms with Crippen LogP contribution >= 0.6 is 0 Å². The smallest absolute Gasteiger partial charge is 0.264 e. The van der Waals surface area contributed by atoms with Crippen LogP contribution in [0.25, 0.3) is 0 Å². The van der Waals surface area contributed by atoms with Crippen LogP contribution in [-0.2, 0) is 26.2 Å². The molecular formula is C29H33F2N3O4S. The van der Waals surface area contributed by atoms with Gasteiger partial charge in [0.1, 0.15) is 24.2 Å². The summed E-state index contributed by atoms with van der Waals surface area (Å²) in [5.74, 6) is -2.43. The quantitative estimate of drug-likeness (QED) is 0.324. The van der Waals surface area contributed by atoms with Crippen LogP contribution in [0.3, 0.4) is 0 Å². The Morgan fingerprint density at radius 1 is 0.949 bits per heavy atom. The maximum Gasteiger partial charge on any atom is 0.264 e. The van der Waals surface area contributed by atoms with Gasteiger partial charge in [-0.25, -0.2) is 17.2 Å². The van der Waals surface area contributed by atoms with E-state index in [9.17, 15) is 26.8 Å². The fourth-order valence-corrected chi connectivity index (χ4v) is 5.33. The minimum Gasteiger partial charge on any atom is -0.354 e. The monoisotopic (exact) mass is 557 g/mol. The van der Waals surface area contributed by atoms with Crippen molar-refractivity contribution in [3.63, 3.8) is 0 Å². The highest BCUT2D eigenvalue weighted by Gasteiger charge is 2.33. The molecule has 0 spiro atoms. The van der Waals surface area contributed by atoms with Crippen LogP contribution in [-0.4, -0.2) is 44.3 Å². The molecule has 0 aliphatic rings. The second-order valence-corrected chi connectivity index (χ2v) is 11.1. The second kappa shape index (κ2) is 13.3. The number of benzene rings is 3. The number of para-hydroxylation sites is 1. The van der Waals surface area contributed by atoms with Gasteiger partial charge in [0.25, 0.3) is 10.0 Å². The number of anilines is 1. The summed E-state index contributed by atoms with van der Waals surface area (Å²) in [7, 11) is -4.37. The van der Waals surface area contributed by atoms with Gasteiger partial charge in [-0.05, 0) is 62.2 Å². The Labute approximate surface area is 228 Å². The second-order valence-electron chi connectivity index (χ2n) is 9.24. The minimum atomic E-state index is -4.37. The molecule has 0 radical (unpaired) electrons. The lowest BCUT2D eigenvalue weighted by molar-refractivity contribution is -0.139. The highest BCUT2D eigenvalue weighted by atomic mass is 32.2. The number of carbonyl (C=O) groups is 2. The number of sulfonamides is 1. The number of hydrogen-bond acceptors (Lipinski definition) is 4. The number of nitrogens with one attached hydrogen (secondary N) is 1. The van der Waals surface area contributed by atoms with Crippen molar-refractivity contribution in [1.29, 1.82) is 0 Å². The van der Waals surface area contributed by atoms with Crippen LogP contribution in [0.4, 0.5) is 14.5 Å². The summed E-state index contributed by atoms with van der Waals surface area (Å²) in [5, 5.41) is 2.78. The molecule has 10 heteroatoms. The topological polar surface area (TPSA) is 86.8 Å². The van der Waals surface area contributed by atoms with Gasteiger partial charge in [0.15, 0.2) is 0 Å². The van der Waals surface area contributed by atoms with Gasteiger partial charge in [0.05, 0.1) is 10.6 Å². The zero-order valence-electron chi connectivity index (χ0n) is 22.2. The molecule has 3 aromatic rings. The van der Waals surface area contributed by atoms with Gasteiger partial charge in [-0.2, -0.15) is 0 Å². The van der Waals surface area contributed by atoms with Crippen LogP contribution in [0.2, 0.25) is 0 Å². The van der Waals surface area contributed by atoms with E-state index in [1.807, 2.05) is 6.92 Å². The third kappa shape index (κ3) is 7.63. The lowest BCUT2D eigenvalue weighted by Crippen LogP contribution is -2.51. The van der Waals surface area contributed by atoms with E-state index in [0.29, 0.717) is 16.4 Å². The molecule has 0 aliphatic heterocycles. The van der Waals surface area contributed by atoms with Gasteiger partial charge in [0, 0.05) is 13.1 Å². The third-order valence-corrected chi connectivity index (χ3v) is 8.05. The molecular weight excluding hydrogens is 524 g/mol. The Kier molecular flexibility index (Phi) is 10.2. The van der Waals surface area contributed by atoms with Crippen molar-refractivity contribution >= 4 is 27.5 Å². The number of halogens is 2. The van der Waals surface area contributed by atoms with Crippen LogP contribution in [0.15, 0.2) is 77.7 Å². The molecule has 208 valence electrons. The summed E-state index contributed by atoms with van der Waals surface area (Å²) in [5.41, 5.74) is 1.07. The molecule has 0 saturated carbocycles. The van der Waals surface area contributed by atoms with E-state index in [2.05, 4.69) is 5.32 Å². The van der Waals surface area contributed by atoms with Crippen LogP contribution in [0.5, 0.6) is 0 Å². The fourth-order valence-electron chi connectivity index (χ4n) is 3.91. The first-order valence-electron chi connectivity index (χ1n) is 12.7. The standard InChI is InChI=1S/C29H33F2N3O4S/c1-4-5-18-32-29(36)22(3)33(19-23-12-14-24(30)15-13-23)28(35)20-34(27-9-7-6-8-26(27)31)39(37,38)25-16-10-21(2)11-17-25/h6-17,22H,4-5,18-20H2,1-3H3,(H,32,36)/t22-/m1/s1. The third-order valence-electron chi connectivity index (χ3n) is 6.27. The maximum atomic E-state index is 14.9. The van der Waals surface area contributed by atoms with Gasteiger partial charge < -0.3 is 10.2 Å². The van der Waals surface area contributed by atoms with E-state index in [1.54, 1.807) is 19.1 Å². The van der Waals surface area contributed by atoms with E-state index >= 15 is 0 Å². The molecule has 3 aromatic carbocycles. The Bertz CT molecular complexity index is 1380. The number of unbranched alkanes of at least 4 members (excludes halogenated alkanes) is 1. The summed E-state index contributed by atoms with van der Waals surface area (Å²) in [4.78, 5) is 27.8. The fraction of sp³-hybridized carbons (Fsp3) is 0.310. The molecule has 2 amide bonds. The van der Waals surface area contributed by atoms with Gasteiger partial charge >= 0.3 is 0 Å². The Balaban J connectivity index is 2.00. The molecule has 1 atom stereocenters. The molecule has 1 N–H and O–H groups in total. The summed E-state index contributed by atoms with van der Waals surface area (Å²) >= 11 is 0. The van der Waals surface area contributed by atoms with E-state index in [4.69, 9.17) is 0 Å². The lowest BCUT2D eigenvalue weighted by Gasteiger charge is -2.32. The molecule has 3 rings (SSSR count). The largest absolute Gasteiger partial charge is 0.354 e. The zero-order valence-corrected chi connectivity index (χ0v) is 23.0. The first-order valence-corrected chi connectivity index (χ1v) is 14.1. The van der Waals surface area contributed by atoms with E-state index in [1.165, 1.54) is 66.4 Å². The Morgan fingerprint density at radius 2 is 1.59 bits per heavy atom. The van der Waals surface area contributed by atoms with Crippen LogP contribution in [0.1, 0.15) is 37.8 Å². The number of amides is 2. The van der Waals surface area contributed by atoms with Crippen molar-refractivity contribution in [1.82, 2.24) is 10.2 Å². The van der Waals surface area contributed by atoms with Gasteiger partial charge in [-0.1, -0.05) is 55.3 Å². The number of carbonyl (C=O) groups excluding carboxylic acids is 2. The molecule has 0 saturated heterocycles. The molecule has 0 aromatic heterocycles. The molecule has 0 aliphatic carbocycles. The zero-order chi connectivity index (χ0) is 28.6. The van der Waals surface area contributed by atoms with Crippen LogP contribution in [0, 0.1) is 18.6 Å². The molecule has 0 heterocycles. The van der Waals surface area contributed by atoms with Crippen molar-refractivity contribution in [3.05, 3.63) is 95.6 Å². The molecule has 0 unspecified atom stereocenters. The number of aryl methyl sites for hydroxylation is 1. The van der Waals surface area contributed by atoms with Gasteiger partial charge in [-0.15, -0.1) is 0 Å². The van der Waals surface area contributed by atoms with Crippen LogP contribution < -0.4 is 9.62 Å². The molecule has 0 fully saturated rings. The van der Waals surface area contributed by atoms with Crippen molar-refractivity contribution in [2.45, 2.75) is 51.1 Å². The summed E-state index contributed by atoms with van der Waals surface area (Å²) in [6.45, 7) is 4.88. The maximum absolute atomic E-state index is 14.9. The molecule has 7 nitrogen and oxygen atoms in total. The number of hydrogen-bond donors (Lipinski definition) is 1. The highest BCUT2D eigenvalue weighted by molar-refractivity contribution is 7.92. The molecule has 39 heavy (non-hydrogen) atoms.